The van der Waals surface area contributed by atoms with Gasteiger partial charge < -0.3 is 0 Å². The lowest BCUT2D eigenvalue weighted by Crippen LogP contribution is -1.83. The van der Waals surface area contributed by atoms with Gasteiger partial charge in [0.15, 0.2) is 0 Å². The summed E-state index contributed by atoms with van der Waals surface area (Å²) in [5.74, 6) is 0.538. The van der Waals surface area contributed by atoms with Crippen LogP contribution in [0.4, 0.5) is 0 Å². The van der Waals surface area contributed by atoms with E-state index in [1.807, 2.05) is 24.3 Å². The predicted octanol–water partition coefficient (Wildman–Crippen LogP) is 3.64. The van der Waals surface area contributed by atoms with Gasteiger partial charge in [0, 0.05) is 5.88 Å². The standard InChI is InChI=1S/C13H10ClN/c14-9-11-2-4-12-7-10(5-6-15)1-3-13(12)8-11/h1-4,7-8H,5,9H2. The lowest BCUT2D eigenvalue weighted by Gasteiger charge is -2.02. The van der Waals surface area contributed by atoms with Crippen molar-refractivity contribution in [2.45, 2.75) is 12.3 Å². The second-order valence-electron chi connectivity index (χ2n) is 3.48. The molecule has 74 valence electrons. The molecule has 0 heterocycles. The molecule has 0 saturated heterocycles. The summed E-state index contributed by atoms with van der Waals surface area (Å²) in [6.45, 7) is 0. The van der Waals surface area contributed by atoms with E-state index in [1.165, 1.54) is 5.39 Å². The highest BCUT2D eigenvalue weighted by Crippen LogP contribution is 2.19. The largest absolute Gasteiger partial charge is 0.198 e. The molecule has 2 rings (SSSR count). The minimum absolute atomic E-state index is 0.465. The van der Waals surface area contributed by atoms with Crippen molar-refractivity contribution >= 4 is 22.4 Å². The first-order valence-electron chi connectivity index (χ1n) is 4.78. The van der Waals surface area contributed by atoms with Gasteiger partial charge in [-0.1, -0.05) is 30.3 Å². The normalized spacial score (nSPS) is 10.1. The molecule has 15 heavy (non-hydrogen) atoms. The third-order valence-electron chi connectivity index (χ3n) is 2.41. The van der Waals surface area contributed by atoms with E-state index >= 15 is 0 Å². The molecule has 0 fully saturated rings. The average molecular weight is 216 g/mol. The minimum atomic E-state index is 0.465. The molecule has 2 aromatic rings. The Kier molecular flexibility index (Phi) is 2.89. The van der Waals surface area contributed by atoms with Crippen molar-refractivity contribution in [3.8, 4) is 6.07 Å². The molecule has 0 spiro atoms. The molecule has 0 amide bonds. The molecule has 0 bridgehead atoms. The third kappa shape index (κ3) is 2.11. The van der Waals surface area contributed by atoms with Crippen molar-refractivity contribution in [3.63, 3.8) is 0 Å². The zero-order chi connectivity index (χ0) is 10.7. The maximum atomic E-state index is 8.61. The number of halogens is 1. The third-order valence-corrected chi connectivity index (χ3v) is 2.72. The molecule has 0 unspecified atom stereocenters. The quantitative estimate of drug-likeness (QED) is 0.702. The molecular formula is C13H10ClN. The molecule has 0 aliphatic carbocycles. The molecule has 1 nitrogen and oxygen atoms in total. The topological polar surface area (TPSA) is 23.8 Å². The molecule has 2 aromatic carbocycles. The molecular weight excluding hydrogens is 206 g/mol. The van der Waals surface area contributed by atoms with Crippen molar-refractivity contribution in [1.82, 2.24) is 0 Å². The summed E-state index contributed by atoms with van der Waals surface area (Å²) >= 11 is 5.77. The summed E-state index contributed by atoms with van der Waals surface area (Å²) in [5, 5.41) is 10.9. The van der Waals surface area contributed by atoms with Gasteiger partial charge in [0.25, 0.3) is 0 Å². The van der Waals surface area contributed by atoms with Crippen LogP contribution in [0.15, 0.2) is 36.4 Å². The van der Waals surface area contributed by atoms with E-state index < -0.39 is 0 Å². The van der Waals surface area contributed by atoms with Crippen molar-refractivity contribution in [1.29, 1.82) is 5.26 Å². The van der Waals surface area contributed by atoms with Gasteiger partial charge in [0.2, 0.25) is 0 Å². The molecule has 0 aromatic heterocycles. The molecule has 0 atom stereocenters. The fourth-order valence-corrected chi connectivity index (χ4v) is 1.80. The van der Waals surface area contributed by atoms with Gasteiger partial charge >= 0.3 is 0 Å². The number of benzene rings is 2. The van der Waals surface area contributed by atoms with E-state index in [4.69, 9.17) is 16.9 Å². The maximum Gasteiger partial charge on any atom is 0.0669 e. The van der Waals surface area contributed by atoms with Crippen LogP contribution in [0.1, 0.15) is 11.1 Å². The van der Waals surface area contributed by atoms with Crippen molar-refractivity contribution in [3.05, 3.63) is 47.5 Å². The van der Waals surface area contributed by atoms with Crippen LogP contribution in [0.3, 0.4) is 0 Å². The first-order chi connectivity index (χ1) is 7.33. The zero-order valence-electron chi connectivity index (χ0n) is 8.20. The van der Waals surface area contributed by atoms with Crippen LogP contribution < -0.4 is 0 Å². The fourth-order valence-electron chi connectivity index (χ4n) is 1.63. The van der Waals surface area contributed by atoms with E-state index in [1.54, 1.807) is 0 Å². The minimum Gasteiger partial charge on any atom is -0.198 e. The van der Waals surface area contributed by atoms with Gasteiger partial charge in [-0.25, -0.2) is 0 Å². The van der Waals surface area contributed by atoms with Crippen LogP contribution in [0.2, 0.25) is 0 Å². The van der Waals surface area contributed by atoms with Gasteiger partial charge in [-0.15, -0.1) is 11.6 Å². The van der Waals surface area contributed by atoms with Crippen molar-refractivity contribution in [2.24, 2.45) is 0 Å². The summed E-state index contributed by atoms with van der Waals surface area (Å²) in [4.78, 5) is 0. The first kappa shape index (κ1) is 10.0. The summed E-state index contributed by atoms with van der Waals surface area (Å²) in [6.07, 6.45) is 0.465. The predicted molar refractivity (Wildman–Crippen MR) is 62.8 cm³/mol. The van der Waals surface area contributed by atoms with Crippen LogP contribution in [-0.4, -0.2) is 0 Å². The van der Waals surface area contributed by atoms with E-state index in [0.29, 0.717) is 12.3 Å². The Bertz CT molecular complexity index is 526. The summed E-state index contributed by atoms with van der Waals surface area (Å²) in [6, 6.07) is 14.4. The number of hydrogen-bond donors (Lipinski definition) is 0. The Hall–Kier alpha value is -1.52. The van der Waals surface area contributed by atoms with Crippen LogP contribution in [-0.2, 0) is 12.3 Å². The number of nitrogens with zero attached hydrogens (tertiary/aromatic N) is 1. The Morgan fingerprint density at radius 2 is 1.60 bits per heavy atom. The maximum absolute atomic E-state index is 8.61. The smallest absolute Gasteiger partial charge is 0.0669 e. The number of nitriles is 1. The van der Waals surface area contributed by atoms with Gasteiger partial charge in [0.1, 0.15) is 0 Å². The number of hydrogen-bond acceptors (Lipinski definition) is 1. The SMILES string of the molecule is N#CCc1ccc2cc(CCl)ccc2c1. The van der Waals surface area contributed by atoms with E-state index in [-0.39, 0.29) is 0 Å². The molecule has 0 radical (unpaired) electrons. The molecule has 2 heteroatoms. The van der Waals surface area contributed by atoms with Gasteiger partial charge in [0.05, 0.1) is 12.5 Å². The monoisotopic (exact) mass is 215 g/mol. The van der Waals surface area contributed by atoms with E-state index in [9.17, 15) is 0 Å². The highest BCUT2D eigenvalue weighted by Gasteiger charge is 1.97. The first-order valence-corrected chi connectivity index (χ1v) is 5.31. The molecule has 0 aliphatic heterocycles. The van der Waals surface area contributed by atoms with Crippen molar-refractivity contribution < 1.29 is 0 Å². The van der Waals surface area contributed by atoms with Crippen LogP contribution in [0.25, 0.3) is 10.8 Å². The molecule has 0 N–H and O–H groups in total. The van der Waals surface area contributed by atoms with Crippen LogP contribution in [0, 0.1) is 11.3 Å². The number of alkyl halides is 1. The fraction of sp³-hybridized carbons (Fsp3) is 0.154. The Morgan fingerprint density at radius 3 is 2.20 bits per heavy atom. The number of rotatable bonds is 2. The Balaban J connectivity index is 2.51. The Labute approximate surface area is 93.9 Å². The van der Waals surface area contributed by atoms with E-state index in [0.717, 1.165) is 16.5 Å². The van der Waals surface area contributed by atoms with Crippen LogP contribution >= 0.6 is 11.6 Å². The molecule has 0 saturated carbocycles. The van der Waals surface area contributed by atoms with E-state index in [2.05, 4.69) is 18.2 Å². The van der Waals surface area contributed by atoms with Gasteiger partial charge in [-0.05, 0) is 28.0 Å². The van der Waals surface area contributed by atoms with Gasteiger partial charge in [-0.3, -0.25) is 0 Å². The Morgan fingerprint density at radius 1 is 1.00 bits per heavy atom. The second kappa shape index (κ2) is 4.33. The summed E-state index contributed by atoms with van der Waals surface area (Å²) < 4.78 is 0. The highest BCUT2D eigenvalue weighted by atomic mass is 35.5. The van der Waals surface area contributed by atoms with Crippen LogP contribution in [0.5, 0.6) is 0 Å². The average Bonchev–Trinajstić information content (AvgIpc) is 2.29. The van der Waals surface area contributed by atoms with Crippen molar-refractivity contribution in [2.75, 3.05) is 0 Å². The number of fused-ring (bicyclic) bond motifs is 1. The summed E-state index contributed by atoms with van der Waals surface area (Å²) in [7, 11) is 0. The lowest BCUT2D eigenvalue weighted by molar-refractivity contribution is 1.27. The second-order valence-corrected chi connectivity index (χ2v) is 3.75. The molecule has 0 aliphatic rings. The lowest BCUT2D eigenvalue weighted by atomic mass is 10.0. The zero-order valence-corrected chi connectivity index (χ0v) is 8.96. The summed E-state index contributed by atoms with van der Waals surface area (Å²) in [5.41, 5.74) is 2.18. The highest BCUT2D eigenvalue weighted by molar-refractivity contribution is 6.17. The van der Waals surface area contributed by atoms with Gasteiger partial charge in [-0.2, -0.15) is 5.26 Å².